The van der Waals surface area contributed by atoms with E-state index in [1.54, 1.807) is 43.7 Å². The molecule has 0 aliphatic carbocycles. The highest BCUT2D eigenvalue weighted by atomic mass is 35.5. The van der Waals surface area contributed by atoms with Gasteiger partial charge in [0.05, 0.1) is 16.4 Å². The van der Waals surface area contributed by atoms with Crippen molar-refractivity contribution >= 4 is 28.3 Å². The topological polar surface area (TPSA) is 104 Å². The fourth-order valence-electron chi connectivity index (χ4n) is 5.04. The summed E-state index contributed by atoms with van der Waals surface area (Å²) in [6.07, 6.45) is 3.26. The van der Waals surface area contributed by atoms with Gasteiger partial charge < -0.3 is 19.9 Å². The van der Waals surface area contributed by atoms with Crippen molar-refractivity contribution in [2.45, 2.75) is 13.0 Å². The maximum atomic E-state index is 15.0. The Morgan fingerprint density at radius 1 is 1.05 bits per heavy atom. The average Bonchev–Trinajstić information content (AvgIpc) is 3.51. The fourth-order valence-corrected chi connectivity index (χ4v) is 5.31. The highest BCUT2D eigenvalue weighted by Gasteiger charge is 2.22. The zero-order chi connectivity index (χ0) is 26.6. The predicted octanol–water partition coefficient (Wildman–Crippen LogP) is 4.08. The highest BCUT2D eigenvalue weighted by Crippen LogP contribution is 2.42. The predicted molar refractivity (Wildman–Crippen MR) is 146 cm³/mol. The molecule has 1 aliphatic heterocycles. The second kappa shape index (κ2) is 9.30. The van der Waals surface area contributed by atoms with E-state index in [0.29, 0.717) is 39.0 Å². The van der Waals surface area contributed by atoms with Gasteiger partial charge in [-0.15, -0.1) is 0 Å². The number of aromatic amines is 1. The molecule has 0 bridgehead atoms. The first-order chi connectivity index (χ1) is 18.3. The minimum absolute atomic E-state index is 0.0884. The summed E-state index contributed by atoms with van der Waals surface area (Å²) in [5.74, 6) is -0.598. The molecular weight excluding hydrogens is 509 g/mol. The van der Waals surface area contributed by atoms with Gasteiger partial charge in [0.25, 0.3) is 0 Å². The lowest BCUT2D eigenvalue weighted by atomic mass is 9.96. The van der Waals surface area contributed by atoms with Crippen molar-refractivity contribution < 1.29 is 9.50 Å². The van der Waals surface area contributed by atoms with Crippen LogP contribution in [0.3, 0.4) is 0 Å². The van der Waals surface area contributed by atoms with E-state index in [-0.39, 0.29) is 17.0 Å². The van der Waals surface area contributed by atoms with Crippen molar-refractivity contribution in [3.05, 3.63) is 76.2 Å². The van der Waals surface area contributed by atoms with Crippen molar-refractivity contribution in [1.82, 2.24) is 29.9 Å². The molecule has 0 radical (unpaired) electrons. The number of aromatic nitrogens is 5. The van der Waals surface area contributed by atoms with Crippen LogP contribution in [0.5, 0.6) is 5.75 Å². The van der Waals surface area contributed by atoms with Crippen LogP contribution in [-0.2, 0) is 7.05 Å². The number of fused-ring (bicyclic) bond motifs is 1. The first-order valence-corrected chi connectivity index (χ1v) is 12.6. The Labute approximate surface area is 222 Å². The Balaban J connectivity index is 1.46. The van der Waals surface area contributed by atoms with Crippen LogP contribution in [0.15, 0.2) is 59.7 Å². The zero-order valence-corrected chi connectivity index (χ0v) is 21.5. The molecule has 0 spiro atoms. The maximum absolute atomic E-state index is 15.0. The third-order valence-corrected chi connectivity index (χ3v) is 7.27. The number of benzene rings is 3. The Morgan fingerprint density at radius 2 is 1.84 bits per heavy atom. The summed E-state index contributed by atoms with van der Waals surface area (Å²) < 4.78 is 17.9. The average molecular weight is 534 g/mol. The van der Waals surface area contributed by atoms with E-state index in [0.717, 1.165) is 30.8 Å². The lowest BCUT2D eigenvalue weighted by Gasteiger charge is -2.33. The van der Waals surface area contributed by atoms with Gasteiger partial charge in [0.1, 0.15) is 22.6 Å². The Hall–Kier alpha value is -4.15. The molecule has 0 unspecified atom stereocenters. The summed E-state index contributed by atoms with van der Waals surface area (Å²) in [6, 6.07) is 11.6. The number of hydrogen-bond acceptors (Lipinski definition) is 6. The quantitative estimate of drug-likeness (QED) is 0.322. The summed E-state index contributed by atoms with van der Waals surface area (Å²) in [5.41, 5.74) is 4.19. The monoisotopic (exact) mass is 533 g/mol. The van der Waals surface area contributed by atoms with Crippen LogP contribution in [0.25, 0.3) is 39.0 Å². The van der Waals surface area contributed by atoms with Gasteiger partial charge in [-0.2, -0.15) is 15.4 Å². The van der Waals surface area contributed by atoms with E-state index >= 15 is 0 Å². The molecule has 5 aromatic rings. The number of piperazine rings is 1. The summed E-state index contributed by atoms with van der Waals surface area (Å²) >= 11 is 6.54. The zero-order valence-electron chi connectivity index (χ0n) is 20.7. The molecule has 1 fully saturated rings. The minimum atomic E-state index is -0.509. The smallest absolute Gasteiger partial charge is 0.332 e. The van der Waals surface area contributed by atoms with Crippen LogP contribution >= 0.6 is 11.6 Å². The van der Waals surface area contributed by atoms with Crippen molar-refractivity contribution in [2.75, 3.05) is 24.5 Å². The molecule has 11 heteroatoms. The minimum Gasteiger partial charge on any atom is -0.507 e. The number of aromatic hydroxyl groups is 1. The Morgan fingerprint density at radius 3 is 2.55 bits per heavy atom. The largest absolute Gasteiger partial charge is 0.507 e. The second-order valence-electron chi connectivity index (χ2n) is 9.57. The number of phenolic OH excluding ortho intramolecular Hbond substituents is 1. The second-order valence-corrected chi connectivity index (χ2v) is 9.97. The molecule has 9 nitrogen and oxygen atoms in total. The van der Waals surface area contributed by atoms with Gasteiger partial charge in [-0.25, -0.2) is 9.18 Å². The molecule has 38 heavy (non-hydrogen) atoms. The molecule has 0 saturated carbocycles. The van der Waals surface area contributed by atoms with Crippen LogP contribution < -0.4 is 15.9 Å². The molecule has 3 heterocycles. The summed E-state index contributed by atoms with van der Waals surface area (Å²) in [4.78, 5) is 14.6. The molecule has 3 aromatic carbocycles. The molecule has 1 aliphatic rings. The van der Waals surface area contributed by atoms with E-state index in [9.17, 15) is 14.3 Å². The number of H-pyrrole nitrogens is 1. The molecular formula is C27H25ClFN7O2. The van der Waals surface area contributed by atoms with Gasteiger partial charge in [-0.1, -0.05) is 17.7 Å². The number of aryl methyl sites for hydroxylation is 1. The van der Waals surface area contributed by atoms with Crippen LogP contribution in [0, 0.1) is 5.82 Å². The molecule has 3 N–H and O–H groups in total. The molecule has 194 valence electrons. The molecule has 1 atom stereocenters. The normalized spacial score (nSPS) is 15.9. The van der Waals surface area contributed by atoms with Crippen LogP contribution in [0.1, 0.15) is 6.92 Å². The lowest BCUT2D eigenvalue weighted by molar-refractivity contribution is 0.477. The first-order valence-electron chi connectivity index (χ1n) is 12.2. The summed E-state index contributed by atoms with van der Waals surface area (Å²) in [6.45, 7) is 4.50. The first kappa shape index (κ1) is 24.2. The Bertz CT molecular complexity index is 1740. The van der Waals surface area contributed by atoms with Crippen LogP contribution in [0.4, 0.5) is 10.1 Å². The Kier molecular flexibility index (Phi) is 5.93. The van der Waals surface area contributed by atoms with Gasteiger partial charge in [0.2, 0.25) is 0 Å². The summed E-state index contributed by atoms with van der Waals surface area (Å²) in [5, 5.41) is 26.4. The number of nitrogens with one attached hydrogen (secondary N) is 2. The van der Waals surface area contributed by atoms with Crippen molar-refractivity contribution in [3.63, 3.8) is 0 Å². The molecule has 1 saturated heterocycles. The van der Waals surface area contributed by atoms with E-state index in [1.165, 1.54) is 21.3 Å². The van der Waals surface area contributed by atoms with E-state index in [4.69, 9.17) is 11.6 Å². The lowest BCUT2D eigenvalue weighted by Crippen LogP contribution is -2.49. The maximum Gasteiger partial charge on any atom is 0.332 e. The van der Waals surface area contributed by atoms with Gasteiger partial charge >= 0.3 is 5.69 Å². The van der Waals surface area contributed by atoms with Crippen LogP contribution in [-0.4, -0.2) is 55.3 Å². The molecule has 2 aromatic heterocycles. The SMILES string of the molecule is C[C@@H]1CN(c2cc(-c3cc(F)cc(-c4ccc(-n5ccn(C)c5=O)c(Cl)c4)c3O)cc3n[nH]nc23)CCN1. The van der Waals surface area contributed by atoms with Crippen molar-refractivity contribution in [3.8, 4) is 33.7 Å². The van der Waals surface area contributed by atoms with E-state index in [2.05, 4.69) is 32.6 Å². The van der Waals surface area contributed by atoms with Gasteiger partial charge in [0, 0.05) is 56.2 Å². The number of hydrogen-bond donors (Lipinski definition) is 3. The fraction of sp³-hybridized carbons (Fsp3) is 0.222. The number of halogens is 2. The third kappa shape index (κ3) is 4.11. The highest BCUT2D eigenvalue weighted by molar-refractivity contribution is 6.32. The van der Waals surface area contributed by atoms with Gasteiger partial charge in [-0.05, 0) is 54.4 Å². The number of anilines is 1. The van der Waals surface area contributed by atoms with Crippen molar-refractivity contribution in [1.29, 1.82) is 0 Å². The number of imidazole rings is 1. The third-order valence-electron chi connectivity index (χ3n) is 6.96. The van der Waals surface area contributed by atoms with Gasteiger partial charge in [-0.3, -0.25) is 4.57 Å². The molecule has 0 amide bonds. The number of phenols is 1. The van der Waals surface area contributed by atoms with Crippen molar-refractivity contribution in [2.24, 2.45) is 7.05 Å². The molecule has 6 rings (SSSR count). The summed E-state index contributed by atoms with van der Waals surface area (Å²) in [7, 11) is 1.65. The van der Waals surface area contributed by atoms with E-state index < -0.39 is 5.82 Å². The van der Waals surface area contributed by atoms with Crippen LogP contribution in [0.2, 0.25) is 5.02 Å². The number of rotatable bonds is 4. The standard InChI is InChI=1S/C27H25ClFN7O2/c1-15-14-35(6-5-30-15)24-11-17(10-22-25(24)32-33-31-22)20-13-18(29)12-19(26(20)37)16-3-4-23(21(28)9-16)36-8-7-34(2)27(36)38/h3-4,7-13,15,30,37H,5-6,14H2,1-2H3,(H,31,32,33)/t15-/m1/s1. The van der Waals surface area contributed by atoms with E-state index in [1.807, 2.05) is 6.07 Å². The number of nitrogens with zero attached hydrogens (tertiary/aromatic N) is 5. The van der Waals surface area contributed by atoms with Gasteiger partial charge in [0.15, 0.2) is 0 Å².